The van der Waals surface area contributed by atoms with Crippen molar-refractivity contribution < 1.29 is 4.79 Å². The third-order valence-corrected chi connectivity index (χ3v) is 3.69. The molecule has 0 N–H and O–H groups in total. The minimum absolute atomic E-state index is 0.240. The summed E-state index contributed by atoms with van der Waals surface area (Å²) >= 11 is 3.55. The predicted molar refractivity (Wildman–Crippen MR) is 54.4 cm³/mol. The second-order valence-electron chi connectivity index (χ2n) is 4.51. The van der Waals surface area contributed by atoms with Crippen LogP contribution in [0.25, 0.3) is 0 Å². The van der Waals surface area contributed by atoms with Gasteiger partial charge in [0.25, 0.3) is 0 Å². The van der Waals surface area contributed by atoms with E-state index >= 15 is 0 Å². The summed E-state index contributed by atoms with van der Waals surface area (Å²) in [7, 11) is 0. The van der Waals surface area contributed by atoms with Crippen LogP contribution in [0.2, 0.25) is 0 Å². The largest absolute Gasteiger partial charge is 0.303 e. The van der Waals surface area contributed by atoms with Crippen LogP contribution in [0.3, 0.4) is 0 Å². The standard InChI is InChI=1S/C10H17BrO/c1-7(11)4-8-5-9(6-12)10(8,2)3/h6-9H,4-5H2,1-3H3/t7?,8-,9-/m0/s1. The fourth-order valence-corrected chi connectivity index (χ4v) is 2.53. The van der Waals surface area contributed by atoms with Crippen molar-refractivity contribution >= 4 is 22.2 Å². The molecule has 1 unspecified atom stereocenters. The van der Waals surface area contributed by atoms with Crippen molar-refractivity contribution in [1.82, 2.24) is 0 Å². The summed E-state index contributed by atoms with van der Waals surface area (Å²) in [5.41, 5.74) is 0.240. The molecule has 1 aliphatic carbocycles. The average molecular weight is 233 g/mol. The Kier molecular flexibility index (Phi) is 2.97. The summed E-state index contributed by atoms with van der Waals surface area (Å²) in [6.45, 7) is 6.58. The Morgan fingerprint density at radius 3 is 2.58 bits per heavy atom. The van der Waals surface area contributed by atoms with E-state index in [2.05, 4.69) is 36.7 Å². The average Bonchev–Trinajstić information content (AvgIpc) is 1.96. The van der Waals surface area contributed by atoms with E-state index in [1.807, 2.05) is 0 Å². The number of alkyl halides is 1. The summed E-state index contributed by atoms with van der Waals surface area (Å²) in [4.78, 5) is 11.2. The molecule has 0 aromatic heterocycles. The highest BCUT2D eigenvalue weighted by atomic mass is 79.9. The summed E-state index contributed by atoms with van der Waals surface area (Å²) < 4.78 is 0. The topological polar surface area (TPSA) is 17.1 Å². The number of rotatable bonds is 3. The fraction of sp³-hybridized carbons (Fsp3) is 0.900. The van der Waals surface area contributed by atoms with E-state index in [9.17, 15) is 4.79 Å². The number of carbonyl (C=O) groups is 1. The molecule has 0 aliphatic heterocycles. The molecule has 0 aromatic rings. The lowest BCUT2D eigenvalue weighted by molar-refractivity contribution is -0.125. The van der Waals surface area contributed by atoms with E-state index in [4.69, 9.17) is 0 Å². The molecule has 0 heterocycles. The van der Waals surface area contributed by atoms with Gasteiger partial charge in [-0.05, 0) is 24.2 Å². The molecule has 2 heteroatoms. The molecule has 1 fully saturated rings. The summed E-state index contributed by atoms with van der Waals surface area (Å²) in [6, 6.07) is 0. The van der Waals surface area contributed by atoms with Crippen LogP contribution in [0, 0.1) is 17.3 Å². The lowest BCUT2D eigenvalue weighted by Crippen LogP contribution is -2.46. The number of carbonyl (C=O) groups excluding carboxylic acids is 1. The van der Waals surface area contributed by atoms with Gasteiger partial charge in [-0.15, -0.1) is 0 Å². The van der Waals surface area contributed by atoms with E-state index in [0.29, 0.717) is 10.7 Å². The minimum atomic E-state index is 0.240. The lowest BCUT2D eigenvalue weighted by Gasteiger charge is -2.50. The van der Waals surface area contributed by atoms with Crippen LogP contribution in [0.5, 0.6) is 0 Å². The van der Waals surface area contributed by atoms with Gasteiger partial charge in [0.05, 0.1) is 0 Å². The number of hydrogen-bond donors (Lipinski definition) is 0. The predicted octanol–water partition coefficient (Wildman–Crippen LogP) is 3.02. The highest BCUT2D eigenvalue weighted by Gasteiger charge is 2.47. The van der Waals surface area contributed by atoms with E-state index < -0.39 is 0 Å². The molecule has 0 spiro atoms. The molecular formula is C10H17BrO. The molecule has 12 heavy (non-hydrogen) atoms. The molecule has 0 bridgehead atoms. The van der Waals surface area contributed by atoms with Gasteiger partial charge < -0.3 is 4.79 Å². The minimum Gasteiger partial charge on any atom is -0.303 e. The van der Waals surface area contributed by atoms with Crippen molar-refractivity contribution in [1.29, 1.82) is 0 Å². The third-order valence-electron chi connectivity index (χ3n) is 3.32. The molecule has 1 aliphatic rings. The van der Waals surface area contributed by atoms with Crippen LogP contribution < -0.4 is 0 Å². The molecule has 1 rings (SSSR count). The van der Waals surface area contributed by atoms with Crippen LogP contribution in [-0.4, -0.2) is 11.1 Å². The van der Waals surface area contributed by atoms with Crippen LogP contribution in [0.15, 0.2) is 0 Å². The lowest BCUT2D eigenvalue weighted by atomic mass is 9.54. The molecule has 70 valence electrons. The smallest absolute Gasteiger partial charge is 0.123 e. The van der Waals surface area contributed by atoms with Gasteiger partial charge in [0.15, 0.2) is 0 Å². The Bertz CT molecular complexity index is 175. The molecule has 0 aromatic carbocycles. The molecule has 1 nitrogen and oxygen atoms in total. The maximum absolute atomic E-state index is 10.6. The van der Waals surface area contributed by atoms with Gasteiger partial charge in [-0.3, -0.25) is 0 Å². The monoisotopic (exact) mass is 232 g/mol. The van der Waals surface area contributed by atoms with Crippen molar-refractivity contribution in [2.24, 2.45) is 17.3 Å². The summed E-state index contributed by atoms with van der Waals surface area (Å²) in [5.74, 6) is 1.02. The van der Waals surface area contributed by atoms with E-state index in [0.717, 1.165) is 18.6 Å². The molecule has 0 radical (unpaired) electrons. The Hall–Kier alpha value is 0.150. The van der Waals surface area contributed by atoms with Crippen molar-refractivity contribution in [2.75, 3.05) is 0 Å². The highest BCUT2D eigenvalue weighted by Crippen LogP contribution is 2.52. The van der Waals surface area contributed by atoms with Crippen LogP contribution in [0.4, 0.5) is 0 Å². The first-order valence-electron chi connectivity index (χ1n) is 4.57. The third kappa shape index (κ3) is 1.73. The second kappa shape index (κ2) is 3.49. The summed E-state index contributed by atoms with van der Waals surface area (Å²) in [5, 5.41) is 0. The molecule has 0 saturated heterocycles. The maximum Gasteiger partial charge on any atom is 0.123 e. The van der Waals surface area contributed by atoms with Crippen molar-refractivity contribution in [3.8, 4) is 0 Å². The van der Waals surface area contributed by atoms with Gasteiger partial charge in [0, 0.05) is 10.7 Å². The Morgan fingerprint density at radius 1 is 1.67 bits per heavy atom. The van der Waals surface area contributed by atoms with Crippen LogP contribution in [0.1, 0.15) is 33.6 Å². The van der Waals surface area contributed by atoms with E-state index in [1.165, 1.54) is 6.42 Å². The fourth-order valence-electron chi connectivity index (χ4n) is 2.08. The normalized spacial score (nSPS) is 35.3. The van der Waals surface area contributed by atoms with E-state index in [1.54, 1.807) is 0 Å². The zero-order valence-electron chi connectivity index (χ0n) is 8.01. The Morgan fingerprint density at radius 2 is 2.25 bits per heavy atom. The van der Waals surface area contributed by atoms with Crippen LogP contribution in [-0.2, 0) is 4.79 Å². The molecule has 0 amide bonds. The van der Waals surface area contributed by atoms with Gasteiger partial charge in [-0.25, -0.2) is 0 Å². The van der Waals surface area contributed by atoms with Gasteiger partial charge in [-0.1, -0.05) is 36.7 Å². The van der Waals surface area contributed by atoms with Crippen molar-refractivity contribution in [2.45, 2.75) is 38.4 Å². The summed E-state index contributed by atoms with van der Waals surface area (Å²) in [6.07, 6.45) is 3.40. The van der Waals surface area contributed by atoms with Gasteiger partial charge >= 0.3 is 0 Å². The quantitative estimate of drug-likeness (QED) is 0.541. The zero-order valence-corrected chi connectivity index (χ0v) is 9.60. The number of halogens is 1. The van der Waals surface area contributed by atoms with Crippen molar-refractivity contribution in [3.63, 3.8) is 0 Å². The van der Waals surface area contributed by atoms with E-state index in [-0.39, 0.29) is 5.41 Å². The Labute approximate surface area is 83.0 Å². The first-order valence-corrected chi connectivity index (χ1v) is 5.49. The maximum atomic E-state index is 10.6. The molecule has 3 atom stereocenters. The SMILES string of the molecule is CC(Br)C[C@H]1C[C@@H](C=O)C1(C)C. The number of aldehydes is 1. The first-order chi connectivity index (χ1) is 5.48. The molecular weight excluding hydrogens is 216 g/mol. The van der Waals surface area contributed by atoms with Gasteiger partial charge in [0.1, 0.15) is 6.29 Å². The van der Waals surface area contributed by atoms with Crippen LogP contribution >= 0.6 is 15.9 Å². The number of hydrogen-bond acceptors (Lipinski definition) is 1. The highest BCUT2D eigenvalue weighted by molar-refractivity contribution is 9.09. The zero-order chi connectivity index (χ0) is 9.35. The van der Waals surface area contributed by atoms with Crippen molar-refractivity contribution in [3.05, 3.63) is 0 Å². The first kappa shape index (κ1) is 10.2. The van der Waals surface area contributed by atoms with Gasteiger partial charge in [0.2, 0.25) is 0 Å². The Balaban J connectivity index is 2.47. The molecule has 1 saturated carbocycles. The second-order valence-corrected chi connectivity index (χ2v) is 6.08. The van der Waals surface area contributed by atoms with Gasteiger partial charge in [-0.2, -0.15) is 0 Å².